The molecule has 0 saturated carbocycles. The highest BCUT2D eigenvalue weighted by Crippen LogP contribution is 2.15. The second kappa shape index (κ2) is 4.95. The number of pyridine rings is 1. The fourth-order valence-corrected chi connectivity index (χ4v) is 1.99. The Balaban J connectivity index is 1.65. The van der Waals surface area contributed by atoms with Crippen LogP contribution < -0.4 is 4.90 Å². The maximum Gasteiger partial charge on any atom is 0.139 e. The summed E-state index contributed by atoms with van der Waals surface area (Å²) in [5, 5.41) is 8.39. The van der Waals surface area contributed by atoms with E-state index in [1.54, 1.807) is 12.5 Å². The van der Waals surface area contributed by atoms with Crippen LogP contribution in [0.15, 0.2) is 36.1 Å². The van der Waals surface area contributed by atoms with Crippen LogP contribution in [0.25, 0.3) is 0 Å². The van der Waals surface area contributed by atoms with E-state index < -0.39 is 0 Å². The zero-order valence-corrected chi connectivity index (χ0v) is 9.90. The van der Waals surface area contributed by atoms with Gasteiger partial charge in [-0.25, -0.2) is 9.97 Å². The predicted molar refractivity (Wildman–Crippen MR) is 67.4 cm³/mol. The molecule has 1 radical (unpaired) electrons. The fraction of sp³-hybridized carbons (Fsp3) is 0.333. The molecule has 18 heavy (non-hydrogen) atoms. The number of hydrogen-bond donors (Lipinski definition) is 0. The molecule has 0 aromatic carbocycles. The van der Waals surface area contributed by atoms with Crippen molar-refractivity contribution >= 4 is 11.5 Å². The highest BCUT2D eigenvalue weighted by atomic mass is 15.5. The Bertz CT molecular complexity index is 509. The van der Waals surface area contributed by atoms with Gasteiger partial charge >= 0.3 is 0 Å². The molecule has 0 bridgehead atoms. The smallest absolute Gasteiger partial charge is 0.139 e. The number of nitrogens with zero attached hydrogens (tertiary/aromatic N) is 6. The normalized spacial score (nSPS) is 15.8. The van der Waals surface area contributed by atoms with Gasteiger partial charge in [-0.15, -0.1) is 9.89 Å². The molecule has 1 saturated heterocycles. The molecule has 1 aliphatic heterocycles. The Hall–Kier alpha value is -2.24. The van der Waals surface area contributed by atoms with Crippen molar-refractivity contribution in [3.05, 3.63) is 37.1 Å². The van der Waals surface area contributed by atoms with E-state index in [2.05, 4.69) is 31.1 Å². The lowest BCUT2D eigenvalue weighted by molar-refractivity contribution is 0.695. The van der Waals surface area contributed by atoms with Gasteiger partial charge in [0.1, 0.15) is 18.5 Å². The zero-order chi connectivity index (χ0) is 12.2. The minimum absolute atomic E-state index is 0.931. The molecule has 0 N–H and O–H groups in total. The molecule has 1 aliphatic rings. The molecule has 6 heteroatoms. The van der Waals surface area contributed by atoms with Crippen molar-refractivity contribution in [2.45, 2.75) is 12.8 Å². The second-order valence-electron chi connectivity index (χ2n) is 4.09. The number of piperidine rings is 1. The van der Waals surface area contributed by atoms with E-state index in [0.29, 0.717) is 0 Å². The molecule has 2 aromatic rings. The SMILES string of the molecule is [c]1ccc(N2CCC(=Nn3cncn3)CC2)nc1. The molecule has 91 valence electrons. The lowest BCUT2D eigenvalue weighted by Crippen LogP contribution is -2.34. The van der Waals surface area contributed by atoms with E-state index in [1.807, 2.05) is 12.1 Å². The standard InChI is InChI=1S/C12H13N6/c1-2-6-14-12(3-1)17-7-4-11(5-8-17)16-18-10-13-9-15-18/h1,3,6,9-10H,4-5,7-8H2. The second-order valence-corrected chi connectivity index (χ2v) is 4.09. The maximum absolute atomic E-state index is 4.41. The van der Waals surface area contributed by atoms with Crippen LogP contribution in [0.5, 0.6) is 0 Å². The Morgan fingerprint density at radius 2 is 2.17 bits per heavy atom. The van der Waals surface area contributed by atoms with E-state index in [4.69, 9.17) is 0 Å². The van der Waals surface area contributed by atoms with E-state index in [9.17, 15) is 0 Å². The van der Waals surface area contributed by atoms with Crippen LogP contribution in [-0.4, -0.2) is 38.7 Å². The van der Waals surface area contributed by atoms with Crippen molar-refractivity contribution < 1.29 is 0 Å². The summed E-state index contributed by atoms with van der Waals surface area (Å²) in [4.78, 5) is 11.9. The largest absolute Gasteiger partial charge is 0.356 e. The average molecular weight is 241 g/mol. The van der Waals surface area contributed by atoms with Crippen LogP contribution in [0.1, 0.15) is 12.8 Å². The van der Waals surface area contributed by atoms with Crippen molar-refractivity contribution in [1.29, 1.82) is 0 Å². The molecule has 0 unspecified atom stereocenters. The van der Waals surface area contributed by atoms with Gasteiger partial charge in [-0.05, 0) is 12.1 Å². The van der Waals surface area contributed by atoms with Crippen LogP contribution in [0.4, 0.5) is 5.82 Å². The Morgan fingerprint density at radius 1 is 1.28 bits per heavy atom. The summed E-state index contributed by atoms with van der Waals surface area (Å²) < 4.78 is 0. The Labute approximate surface area is 105 Å². The van der Waals surface area contributed by atoms with Crippen molar-refractivity contribution in [1.82, 2.24) is 19.9 Å². The first kappa shape index (κ1) is 10.9. The molecule has 3 rings (SSSR count). The topological polar surface area (TPSA) is 59.2 Å². The summed E-state index contributed by atoms with van der Waals surface area (Å²) in [6.45, 7) is 1.87. The lowest BCUT2D eigenvalue weighted by Gasteiger charge is -2.28. The number of aromatic nitrogens is 4. The minimum atomic E-state index is 0.931. The van der Waals surface area contributed by atoms with Gasteiger partial charge in [-0.3, -0.25) is 0 Å². The summed E-state index contributed by atoms with van der Waals surface area (Å²) in [6.07, 6.45) is 6.66. The molecule has 0 spiro atoms. The lowest BCUT2D eigenvalue weighted by atomic mass is 10.1. The third-order valence-electron chi connectivity index (χ3n) is 2.92. The molecule has 2 aromatic heterocycles. The van der Waals surface area contributed by atoms with Gasteiger partial charge in [0.2, 0.25) is 0 Å². The Morgan fingerprint density at radius 3 is 2.83 bits per heavy atom. The molecule has 3 heterocycles. The van der Waals surface area contributed by atoms with E-state index in [1.165, 1.54) is 11.1 Å². The molecular formula is C12H13N6. The third kappa shape index (κ3) is 2.37. The summed E-state index contributed by atoms with van der Waals surface area (Å²) in [7, 11) is 0. The first-order chi connectivity index (χ1) is 8.92. The molecule has 0 aliphatic carbocycles. The van der Waals surface area contributed by atoms with Crippen molar-refractivity contribution in [2.24, 2.45) is 5.10 Å². The molecule has 0 amide bonds. The van der Waals surface area contributed by atoms with E-state index >= 15 is 0 Å². The maximum atomic E-state index is 4.41. The van der Waals surface area contributed by atoms with Crippen LogP contribution in [0.3, 0.4) is 0 Å². The zero-order valence-electron chi connectivity index (χ0n) is 9.90. The average Bonchev–Trinajstić information content (AvgIpc) is 2.94. The summed E-state index contributed by atoms with van der Waals surface area (Å²) >= 11 is 0. The first-order valence-electron chi connectivity index (χ1n) is 5.90. The van der Waals surface area contributed by atoms with Crippen molar-refractivity contribution in [3.8, 4) is 0 Å². The monoisotopic (exact) mass is 241 g/mol. The molecule has 1 fully saturated rings. The van der Waals surface area contributed by atoms with Gasteiger partial charge in [0.05, 0.1) is 0 Å². The van der Waals surface area contributed by atoms with Crippen molar-refractivity contribution in [2.75, 3.05) is 18.0 Å². The highest BCUT2D eigenvalue weighted by molar-refractivity contribution is 5.86. The van der Waals surface area contributed by atoms with Crippen LogP contribution in [0, 0.1) is 6.07 Å². The Kier molecular flexibility index (Phi) is 2.99. The first-order valence-corrected chi connectivity index (χ1v) is 5.90. The summed E-state index contributed by atoms with van der Waals surface area (Å²) in [6, 6.07) is 6.81. The number of rotatable bonds is 2. The molecule has 0 atom stereocenters. The van der Waals surface area contributed by atoms with Gasteiger partial charge in [-0.2, -0.15) is 5.10 Å². The van der Waals surface area contributed by atoms with E-state index in [-0.39, 0.29) is 0 Å². The van der Waals surface area contributed by atoms with Gasteiger partial charge < -0.3 is 4.90 Å². The number of hydrogen-bond acceptors (Lipinski definition) is 5. The third-order valence-corrected chi connectivity index (χ3v) is 2.92. The molecule has 6 nitrogen and oxygen atoms in total. The summed E-state index contributed by atoms with van der Waals surface area (Å²) in [5.41, 5.74) is 1.15. The van der Waals surface area contributed by atoms with E-state index in [0.717, 1.165) is 37.5 Å². The van der Waals surface area contributed by atoms with Gasteiger partial charge in [0, 0.05) is 43.9 Å². The number of anilines is 1. The van der Waals surface area contributed by atoms with Crippen LogP contribution in [0.2, 0.25) is 0 Å². The summed E-state index contributed by atoms with van der Waals surface area (Å²) in [5.74, 6) is 1.01. The quantitative estimate of drug-likeness (QED) is 0.786. The van der Waals surface area contributed by atoms with Gasteiger partial charge in [-0.1, -0.05) is 0 Å². The van der Waals surface area contributed by atoms with Gasteiger partial charge in [0.25, 0.3) is 0 Å². The van der Waals surface area contributed by atoms with Crippen LogP contribution >= 0.6 is 0 Å². The predicted octanol–water partition coefficient (Wildman–Crippen LogP) is 0.978. The van der Waals surface area contributed by atoms with Crippen LogP contribution in [-0.2, 0) is 0 Å². The molecular weight excluding hydrogens is 228 g/mol. The van der Waals surface area contributed by atoms with Crippen molar-refractivity contribution in [3.63, 3.8) is 0 Å². The minimum Gasteiger partial charge on any atom is -0.356 e. The highest BCUT2D eigenvalue weighted by Gasteiger charge is 2.16. The van der Waals surface area contributed by atoms with Gasteiger partial charge in [0.15, 0.2) is 0 Å². The fourth-order valence-electron chi connectivity index (χ4n) is 1.99.